The molecule has 6 heavy (non-hydrogen) atoms. The minimum atomic E-state index is -0.185. The van der Waals surface area contributed by atoms with Crippen molar-refractivity contribution in [3.8, 4) is 0 Å². The largest absolute Gasteiger partial charge is 0.370 e. The van der Waals surface area contributed by atoms with Crippen molar-refractivity contribution < 1.29 is 4.79 Å². The van der Waals surface area contributed by atoms with Crippen LogP contribution in [0, 0.1) is 0 Å². The Morgan fingerprint density at radius 2 is 2.50 bits per heavy atom. The first-order valence-electron chi connectivity index (χ1n) is 1.93. The molecule has 0 aromatic carbocycles. The van der Waals surface area contributed by atoms with Gasteiger partial charge in [-0.15, -0.1) is 0 Å². The molecular formula is C3H5BNO. The Balaban J connectivity index is 2.31. The van der Waals surface area contributed by atoms with Gasteiger partial charge in [-0.05, 0) is 0 Å². The zero-order valence-electron chi connectivity index (χ0n) is 3.35. The third-order valence-corrected chi connectivity index (χ3v) is 0.837. The number of hydrogen-bond acceptors (Lipinski definition) is 1. The summed E-state index contributed by atoms with van der Waals surface area (Å²) in [6.07, 6.45) is 0.898. The van der Waals surface area contributed by atoms with Gasteiger partial charge in [-0.1, -0.05) is 6.32 Å². The Hall–Kier alpha value is -0.465. The van der Waals surface area contributed by atoms with Crippen LogP contribution in [0.5, 0.6) is 0 Å². The van der Waals surface area contributed by atoms with Crippen LogP contribution < -0.4 is 5.73 Å². The van der Waals surface area contributed by atoms with Gasteiger partial charge in [0.1, 0.15) is 7.28 Å². The van der Waals surface area contributed by atoms with Crippen LogP contribution in [-0.2, 0) is 4.79 Å². The van der Waals surface area contributed by atoms with Crippen molar-refractivity contribution in [1.29, 1.82) is 0 Å². The molecule has 1 rings (SSSR count). The molecule has 31 valence electrons. The predicted molar refractivity (Wildman–Crippen MR) is 23.5 cm³/mol. The lowest BCUT2D eigenvalue weighted by molar-refractivity contribution is -0.117. The quantitative estimate of drug-likeness (QED) is 0.421. The van der Waals surface area contributed by atoms with E-state index >= 15 is 0 Å². The lowest BCUT2D eigenvalue weighted by Gasteiger charge is -1.78. The molecule has 1 saturated heterocycles. The molecule has 0 aromatic rings. The van der Waals surface area contributed by atoms with Crippen LogP contribution in [0.25, 0.3) is 0 Å². The van der Waals surface area contributed by atoms with Crippen molar-refractivity contribution in [2.75, 3.05) is 0 Å². The van der Waals surface area contributed by atoms with E-state index in [0.717, 1.165) is 6.32 Å². The predicted octanol–water partition coefficient (Wildman–Crippen LogP) is -0.604. The van der Waals surface area contributed by atoms with Crippen molar-refractivity contribution in [1.82, 2.24) is 0 Å². The highest BCUT2D eigenvalue weighted by Gasteiger charge is 2.28. The van der Waals surface area contributed by atoms with Gasteiger partial charge in [0.05, 0.1) is 0 Å². The molecule has 2 N–H and O–H groups in total. The van der Waals surface area contributed by atoms with Crippen LogP contribution in [0.1, 0.15) is 0 Å². The number of rotatable bonds is 1. The lowest BCUT2D eigenvalue weighted by atomic mass is 10.0. The van der Waals surface area contributed by atoms with E-state index in [0.29, 0.717) is 0 Å². The summed E-state index contributed by atoms with van der Waals surface area (Å²) in [7, 11) is 1.89. The maximum Gasteiger partial charge on any atom is 0.211 e. The van der Waals surface area contributed by atoms with Crippen LogP contribution in [0.15, 0.2) is 0 Å². The minimum Gasteiger partial charge on any atom is -0.370 e. The average Bonchev–Trinajstić information content (AvgIpc) is 2.06. The van der Waals surface area contributed by atoms with Crippen molar-refractivity contribution in [2.24, 2.45) is 5.73 Å². The van der Waals surface area contributed by atoms with Crippen molar-refractivity contribution in [2.45, 2.75) is 12.1 Å². The topological polar surface area (TPSA) is 43.1 Å². The van der Waals surface area contributed by atoms with Crippen molar-refractivity contribution in [3.05, 3.63) is 0 Å². The Bertz CT molecular complexity index is 78.9. The molecule has 1 heterocycles. The summed E-state index contributed by atoms with van der Waals surface area (Å²) < 4.78 is 0. The highest BCUT2D eigenvalue weighted by Crippen LogP contribution is 2.25. The molecule has 1 fully saturated rings. The van der Waals surface area contributed by atoms with Gasteiger partial charge in [-0.25, -0.2) is 0 Å². The summed E-state index contributed by atoms with van der Waals surface area (Å²) >= 11 is 0. The lowest BCUT2D eigenvalue weighted by Crippen LogP contribution is -2.09. The van der Waals surface area contributed by atoms with Gasteiger partial charge in [0.15, 0.2) is 0 Å². The molecular weight excluding hydrogens is 76.9 g/mol. The highest BCUT2D eigenvalue weighted by molar-refractivity contribution is 6.57. The van der Waals surface area contributed by atoms with Gasteiger partial charge in [-0.3, -0.25) is 4.79 Å². The summed E-state index contributed by atoms with van der Waals surface area (Å²) in [5.74, 6) is -0.0694. The van der Waals surface area contributed by atoms with E-state index in [1.54, 1.807) is 0 Å². The first kappa shape index (κ1) is 3.72. The first-order chi connectivity index (χ1) is 2.80. The second-order valence-electron chi connectivity index (χ2n) is 1.48. The van der Waals surface area contributed by atoms with Gasteiger partial charge in [0.2, 0.25) is 5.91 Å². The van der Waals surface area contributed by atoms with Gasteiger partial charge >= 0.3 is 0 Å². The summed E-state index contributed by atoms with van der Waals surface area (Å²) in [6.45, 7) is 0. The molecule has 1 aliphatic rings. The third-order valence-electron chi connectivity index (χ3n) is 0.837. The fourth-order valence-corrected chi connectivity index (χ4v) is 0.300. The molecule has 0 bridgehead atoms. The number of carbonyl (C=O) groups excluding carboxylic acids is 1. The highest BCUT2D eigenvalue weighted by atomic mass is 16.1. The smallest absolute Gasteiger partial charge is 0.211 e. The van der Waals surface area contributed by atoms with Crippen molar-refractivity contribution >= 4 is 13.2 Å². The zero-order chi connectivity index (χ0) is 4.57. The number of carbonyl (C=O) groups is 1. The summed E-state index contributed by atoms with van der Waals surface area (Å²) in [4.78, 5) is 9.95. The Labute approximate surface area is 37.0 Å². The molecule has 3 heteroatoms. The van der Waals surface area contributed by atoms with Crippen LogP contribution in [0.2, 0.25) is 12.1 Å². The summed E-state index contributed by atoms with van der Waals surface area (Å²) in [5.41, 5.74) is 4.83. The molecule has 0 spiro atoms. The van der Waals surface area contributed by atoms with Crippen LogP contribution in [-0.4, -0.2) is 13.2 Å². The van der Waals surface area contributed by atoms with E-state index in [1.807, 2.05) is 7.28 Å². The minimum absolute atomic E-state index is 0.116. The van der Waals surface area contributed by atoms with Crippen molar-refractivity contribution in [3.63, 3.8) is 0 Å². The SMILES string of the molecule is NC(=O)C1[B]C1. The number of hydrogen-bond donors (Lipinski definition) is 1. The maximum atomic E-state index is 9.95. The summed E-state index contributed by atoms with van der Waals surface area (Å²) in [5, 5.41) is 0. The van der Waals surface area contributed by atoms with Crippen LogP contribution in [0.3, 0.4) is 0 Å². The standard InChI is InChI=1S/C3H5BNO/c5-3(6)2-1-4-2/h2H,1H2,(H2,5,6). The second-order valence-corrected chi connectivity index (χ2v) is 1.48. The van der Waals surface area contributed by atoms with Gasteiger partial charge in [-0.2, -0.15) is 0 Å². The number of primary amides is 1. The molecule has 1 unspecified atom stereocenters. The van der Waals surface area contributed by atoms with E-state index in [1.165, 1.54) is 0 Å². The monoisotopic (exact) mass is 82.0 g/mol. The fourth-order valence-electron chi connectivity index (χ4n) is 0.300. The van der Waals surface area contributed by atoms with E-state index in [-0.39, 0.29) is 11.7 Å². The Morgan fingerprint density at radius 3 is 2.50 bits per heavy atom. The van der Waals surface area contributed by atoms with Gasteiger partial charge in [0.25, 0.3) is 0 Å². The average molecular weight is 81.9 g/mol. The fraction of sp³-hybridized carbons (Fsp3) is 0.667. The third kappa shape index (κ3) is 0.532. The van der Waals surface area contributed by atoms with E-state index in [9.17, 15) is 4.79 Å². The van der Waals surface area contributed by atoms with Gasteiger partial charge in [0, 0.05) is 5.82 Å². The molecule has 0 aliphatic carbocycles. The van der Waals surface area contributed by atoms with Gasteiger partial charge < -0.3 is 5.73 Å². The molecule has 1 atom stereocenters. The van der Waals surface area contributed by atoms with E-state index in [4.69, 9.17) is 5.73 Å². The molecule has 1 amide bonds. The zero-order valence-corrected chi connectivity index (χ0v) is 3.35. The Kier molecular flexibility index (Phi) is 0.618. The molecule has 1 radical (unpaired) electrons. The molecule has 0 saturated carbocycles. The Morgan fingerprint density at radius 1 is 2.00 bits per heavy atom. The summed E-state index contributed by atoms with van der Waals surface area (Å²) in [6, 6.07) is 0. The maximum absolute atomic E-state index is 9.95. The van der Waals surface area contributed by atoms with E-state index in [2.05, 4.69) is 0 Å². The normalized spacial score (nSPS) is 28.3. The van der Waals surface area contributed by atoms with E-state index < -0.39 is 0 Å². The number of nitrogens with two attached hydrogens (primary N) is 1. The first-order valence-corrected chi connectivity index (χ1v) is 1.93. The molecule has 2 nitrogen and oxygen atoms in total. The molecule has 0 aromatic heterocycles. The second kappa shape index (κ2) is 0.998. The van der Waals surface area contributed by atoms with Crippen LogP contribution in [0.4, 0.5) is 0 Å². The van der Waals surface area contributed by atoms with Crippen LogP contribution >= 0.6 is 0 Å². The number of amides is 1. The molecule has 1 aliphatic heterocycles.